The summed E-state index contributed by atoms with van der Waals surface area (Å²) in [5.74, 6) is 0.616. The van der Waals surface area contributed by atoms with Crippen molar-refractivity contribution in [3.05, 3.63) is 35.4 Å². The highest BCUT2D eigenvalue weighted by Gasteiger charge is 2.30. The van der Waals surface area contributed by atoms with E-state index in [4.69, 9.17) is 0 Å². The van der Waals surface area contributed by atoms with Crippen LogP contribution in [0.15, 0.2) is 24.3 Å². The van der Waals surface area contributed by atoms with Gasteiger partial charge in [-0.25, -0.2) is 0 Å². The lowest BCUT2D eigenvalue weighted by atomic mass is 9.88. The van der Waals surface area contributed by atoms with Crippen molar-refractivity contribution in [2.45, 2.75) is 58.0 Å². The average Bonchev–Trinajstić information content (AvgIpc) is 2.47. The molecule has 1 unspecified atom stereocenters. The molecular formula is C18H30N2. The Bertz CT molecular complexity index is 414. The molecule has 1 heterocycles. The van der Waals surface area contributed by atoms with Crippen LogP contribution < -0.4 is 5.32 Å². The Morgan fingerprint density at radius 2 is 1.50 bits per heavy atom. The number of nitrogens with one attached hydrogen (secondary N) is 1. The molecule has 0 aliphatic carbocycles. The molecule has 20 heavy (non-hydrogen) atoms. The monoisotopic (exact) mass is 274 g/mol. The first-order valence-electron chi connectivity index (χ1n) is 7.98. The van der Waals surface area contributed by atoms with Crippen molar-refractivity contribution in [1.29, 1.82) is 0 Å². The largest absolute Gasteiger partial charge is 0.314 e. The van der Waals surface area contributed by atoms with Crippen molar-refractivity contribution < 1.29 is 0 Å². The first-order chi connectivity index (χ1) is 9.45. The Morgan fingerprint density at radius 3 is 1.95 bits per heavy atom. The normalized spacial score (nSPS) is 21.1. The molecule has 2 heteroatoms. The van der Waals surface area contributed by atoms with E-state index in [2.05, 4.69) is 69.2 Å². The molecule has 1 aliphatic heterocycles. The summed E-state index contributed by atoms with van der Waals surface area (Å²) in [7, 11) is 2.09. The van der Waals surface area contributed by atoms with Gasteiger partial charge in [0, 0.05) is 24.7 Å². The Balaban J connectivity index is 2.00. The molecule has 112 valence electrons. The van der Waals surface area contributed by atoms with E-state index in [1.54, 1.807) is 0 Å². The van der Waals surface area contributed by atoms with Crippen molar-refractivity contribution in [1.82, 2.24) is 10.2 Å². The fourth-order valence-electron chi connectivity index (χ4n) is 3.03. The molecule has 0 bridgehead atoms. The standard InChI is InChI=1S/C18H30N2/c1-14(2)16-6-8-17(9-7-16)15(3)20-12-10-18(4,19-5)11-13-20/h6-9,14-15,19H,10-13H2,1-5H3. The summed E-state index contributed by atoms with van der Waals surface area (Å²) in [5.41, 5.74) is 3.21. The second kappa shape index (κ2) is 6.28. The number of hydrogen-bond donors (Lipinski definition) is 1. The first kappa shape index (κ1) is 15.5. The van der Waals surface area contributed by atoms with Gasteiger partial charge >= 0.3 is 0 Å². The summed E-state index contributed by atoms with van der Waals surface area (Å²) in [6, 6.07) is 9.73. The lowest BCUT2D eigenvalue weighted by molar-refractivity contribution is 0.117. The van der Waals surface area contributed by atoms with Gasteiger partial charge in [0.2, 0.25) is 0 Å². The number of nitrogens with zero attached hydrogens (tertiary/aromatic N) is 1. The third-order valence-corrected chi connectivity index (χ3v) is 5.14. The number of piperidine rings is 1. The minimum atomic E-state index is 0.331. The van der Waals surface area contributed by atoms with E-state index >= 15 is 0 Å². The van der Waals surface area contributed by atoms with Crippen molar-refractivity contribution in [3.63, 3.8) is 0 Å². The van der Waals surface area contributed by atoms with Gasteiger partial charge < -0.3 is 5.32 Å². The molecule has 0 amide bonds. The minimum Gasteiger partial charge on any atom is -0.314 e. The van der Waals surface area contributed by atoms with Gasteiger partial charge in [0.05, 0.1) is 0 Å². The lowest BCUT2D eigenvalue weighted by Gasteiger charge is -2.42. The minimum absolute atomic E-state index is 0.331. The van der Waals surface area contributed by atoms with Gasteiger partial charge in [0.25, 0.3) is 0 Å². The zero-order valence-corrected chi connectivity index (χ0v) is 13.7. The molecule has 1 fully saturated rings. The summed E-state index contributed by atoms with van der Waals surface area (Å²) in [4.78, 5) is 2.61. The number of hydrogen-bond acceptors (Lipinski definition) is 2. The fourth-order valence-corrected chi connectivity index (χ4v) is 3.03. The Labute approximate surface area is 124 Å². The van der Waals surface area contributed by atoms with Gasteiger partial charge in [-0.15, -0.1) is 0 Å². The van der Waals surface area contributed by atoms with Gasteiger partial charge in [-0.3, -0.25) is 4.90 Å². The SMILES string of the molecule is CNC1(C)CCN(C(C)c2ccc(C(C)C)cc2)CC1. The van der Waals surface area contributed by atoms with E-state index in [0.717, 1.165) is 0 Å². The lowest BCUT2D eigenvalue weighted by Crippen LogP contribution is -2.50. The van der Waals surface area contributed by atoms with E-state index in [1.807, 2.05) is 0 Å². The highest BCUT2D eigenvalue weighted by atomic mass is 15.2. The summed E-state index contributed by atoms with van der Waals surface area (Å²) < 4.78 is 0. The van der Waals surface area contributed by atoms with Crippen LogP contribution in [-0.4, -0.2) is 30.6 Å². The highest BCUT2D eigenvalue weighted by Crippen LogP contribution is 2.29. The molecule has 2 rings (SSSR count). The van der Waals surface area contributed by atoms with E-state index in [9.17, 15) is 0 Å². The summed E-state index contributed by atoms with van der Waals surface area (Å²) in [6.45, 7) is 11.6. The van der Waals surface area contributed by atoms with Crippen LogP contribution in [0.2, 0.25) is 0 Å². The molecule has 1 aromatic carbocycles. The van der Waals surface area contributed by atoms with Crippen LogP contribution in [0.1, 0.15) is 63.6 Å². The topological polar surface area (TPSA) is 15.3 Å². The van der Waals surface area contributed by atoms with Gasteiger partial charge in [-0.2, -0.15) is 0 Å². The third kappa shape index (κ3) is 3.42. The molecule has 1 aromatic rings. The Kier molecular flexibility index (Phi) is 4.87. The van der Waals surface area contributed by atoms with Gasteiger partial charge in [-0.1, -0.05) is 38.1 Å². The number of likely N-dealkylation sites (tertiary alicyclic amines) is 1. The molecule has 0 radical (unpaired) electrons. The zero-order valence-electron chi connectivity index (χ0n) is 13.7. The van der Waals surface area contributed by atoms with Crippen LogP contribution in [-0.2, 0) is 0 Å². The summed E-state index contributed by atoms with van der Waals surface area (Å²) in [5, 5.41) is 3.47. The second-order valence-electron chi connectivity index (χ2n) is 6.84. The maximum absolute atomic E-state index is 3.47. The van der Waals surface area contributed by atoms with Gasteiger partial charge in [0.15, 0.2) is 0 Å². The van der Waals surface area contributed by atoms with Crippen molar-refractivity contribution in [3.8, 4) is 0 Å². The van der Waals surface area contributed by atoms with Crippen LogP contribution in [0.5, 0.6) is 0 Å². The quantitative estimate of drug-likeness (QED) is 0.894. The van der Waals surface area contributed by atoms with Crippen molar-refractivity contribution >= 4 is 0 Å². The first-order valence-corrected chi connectivity index (χ1v) is 7.98. The van der Waals surface area contributed by atoms with Gasteiger partial charge in [-0.05, 0) is 50.8 Å². The Morgan fingerprint density at radius 1 is 1.00 bits per heavy atom. The number of rotatable bonds is 4. The number of benzene rings is 1. The average molecular weight is 274 g/mol. The predicted molar refractivity (Wildman–Crippen MR) is 87.2 cm³/mol. The van der Waals surface area contributed by atoms with Gasteiger partial charge in [0.1, 0.15) is 0 Å². The van der Waals surface area contributed by atoms with Crippen LogP contribution in [0.4, 0.5) is 0 Å². The molecule has 0 aromatic heterocycles. The molecule has 1 N–H and O–H groups in total. The maximum atomic E-state index is 3.47. The van der Waals surface area contributed by atoms with Crippen LogP contribution in [0.25, 0.3) is 0 Å². The van der Waals surface area contributed by atoms with E-state index in [0.29, 0.717) is 17.5 Å². The van der Waals surface area contributed by atoms with E-state index < -0.39 is 0 Å². The molecule has 0 spiro atoms. The van der Waals surface area contributed by atoms with Crippen molar-refractivity contribution in [2.24, 2.45) is 0 Å². The van der Waals surface area contributed by atoms with Crippen molar-refractivity contribution in [2.75, 3.05) is 20.1 Å². The maximum Gasteiger partial charge on any atom is 0.0319 e. The molecule has 1 aliphatic rings. The molecule has 1 saturated heterocycles. The molecule has 1 atom stereocenters. The molecule has 0 saturated carbocycles. The predicted octanol–water partition coefficient (Wildman–Crippen LogP) is 3.94. The van der Waals surface area contributed by atoms with Crippen LogP contribution in [0.3, 0.4) is 0 Å². The zero-order chi connectivity index (χ0) is 14.8. The Hall–Kier alpha value is -0.860. The van der Waals surface area contributed by atoms with E-state index in [1.165, 1.54) is 37.1 Å². The van der Waals surface area contributed by atoms with Crippen LogP contribution >= 0.6 is 0 Å². The third-order valence-electron chi connectivity index (χ3n) is 5.14. The van der Waals surface area contributed by atoms with E-state index in [-0.39, 0.29) is 0 Å². The second-order valence-corrected chi connectivity index (χ2v) is 6.84. The fraction of sp³-hybridized carbons (Fsp3) is 0.667. The molecule has 2 nitrogen and oxygen atoms in total. The summed E-state index contributed by atoms with van der Waals surface area (Å²) >= 11 is 0. The highest BCUT2D eigenvalue weighted by molar-refractivity contribution is 5.26. The molecular weight excluding hydrogens is 244 g/mol. The summed E-state index contributed by atoms with van der Waals surface area (Å²) in [6.07, 6.45) is 2.47. The smallest absolute Gasteiger partial charge is 0.0319 e. The van der Waals surface area contributed by atoms with Crippen LogP contribution in [0, 0.1) is 0 Å².